The summed E-state index contributed by atoms with van der Waals surface area (Å²) in [7, 11) is 0. The molecule has 21 heavy (non-hydrogen) atoms. The van der Waals surface area contributed by atoms with Crippen molar-refractivity contribution in [2.75, 3.05) is 5.32 Å². The number of aromatic nitrogens is 1. The molecule has 2 N–H and O–H groups in total. The Bertz CT molecular complexity index is 683. The zero-order valence-electron chi connectivity index (χ0n) is 11.4. The molecular weight excluding hydrogens is 266 g/mol. The molecule has 5 nitrogen and oxygen atoms in total. The number of carbonyl (C=O) groups is 2. The number of benzene rings is 1. The van der Waals surface area contributed by atoms with Gasteiger partial charge in [-0.05, 0) is 41.8 Å². The highest BCUT2D eigenvalue weighted by Gasteiger charge is 2.16. The first-order valence-electron chi connectivity index (χ1n) is 6.82. The van der Waals surface area contributed by atoms with Crippen LogP contribution in [0.25, 0.3) is 0 Å². The van der Waals surface area contributed by atoms with Crippen molar-refractivity contribution in [2.45, 2.75) is 19.4 Å². The average Bonchev–Trinajstić information content (AvgIpc) is 2.53. The van der Waals surface area contributed by atoms with E-state index in [1.54, 1.807) is 24.5 Å². The lowest BCUT2D eigenvalue weighted by Crippen LogP contribution is -2.24. The first-order valence-corrected chi connectivity index (χ1v) is 6.82. The van der Waals surface area contributed by atoms with E-state index in [0.29, 0.717) is 24.9 Å². The monoisotopic (exact) mass is 281 g/mol. The van der Waals surface area contributed by atoms with Gasteiger partial charge in [0.15, 0.2) is 0 Å². The Balaban J connectivity index is 1.69. The van der Waals surface area contributed by atoms with Crippen LogP contribution in [0.1, 0.15) is 27.9 Å². The molecule has 2 heterocycles. The summed E-state index contributed by atoms with van der Waals surface area (Å²) in [5.74, 6) is -0.102. The van der Waals surface area contributed by atoms with Crippen LogP contribution in [-0.2, 0) is 17.8 Å². The highest BCUT2D eigenvalue weighted by Crippen LogP contribution is 2.23. The van der Waals surface area contributed by atoms with Gasteiger partial charge in [-0.2, -0.15) is 0 Å². The van der Waals surface area contributed by atoms with E-state index in [9.17, 15) is 9.59 Å². The third-order valence-corrected chi connectivity index (χ3v) is 3.44. The fourth-order valence-corrected chi connectivity index (χ4v) is 2.31. The normalized spacial score (nSPS) is 13.2. The van der Waals surface area contributed by atoms with Crippen LogP contribution in [0.2, 0.25) is 0 Å². The van der Waals surface area contributed by atoms with Gasteiger partial charge < -0.3 is 10.6 Å². The highest BCUT2D eigenvalue weighted by atomic mass is 16.2. The van der Waals surface area contributed by atoms with Crippen molar-refractivity contribution >= 4 is 17.5 Å². The lowest BCUT2D eigenvalue weighted by Gasteiger charge is -2.17. The predicted molar refractivity (Wildman–Crippen MR) is 78.8 cm³/mol. The van der Waals surface area contributed by atoms with Gasteiger partial charge in [-0.1, -0.05) is 6.07 Å². The van der Waals surface area contributed by atoms with E-state index in [0.717, 1.165) is 16.8 Å². The van der Waals surface area contributed by atoms with Gasteiger partial charge in [-0.3, -0.25) is 14.6 Å². The number of anilines is 1. The van der Waals surface area contributed by atoms with E-state index in [1.165, 1.54) is 0 Å². The summed E-state index contributed by atoms with van der Waals surface area (Å²) in [6, 6.07) is 9.10. The maximum Gasteiger partial charge on any atom is 0.251 e. The smallest absolute Gasteiger partial charge is 0.251 e. The second kappa shape index (κ2) is 5.75. The number of hydrogen-bond acceptors (Lipinski definition) is 3. The summed E-state index contributed by atoms with van der Waals surface area (Å²) in [4.78, 5) is 27.5. The largest absolute Gasteiger partial charge is 0.348 e. The van der Waals surface area contributed by atoms with Crippen LogP contribution < -0.4 is 10.6 Å². The molecule has 3 rings (SSSR count). The van der Waals surface area contributed by atoms with Gasteiger partial charge >= 0.3 is 0 Å². The average molecular weight is 281 g/mol. The summed E-state index contributed by atoms with van der Waals surface area (Å²) in [5.41, 5.74) is 3.36. The number of hydrogen-bond donors (Lipinski definition) is 2. The number of nitrogens with one attached hydrogen (secondary N) is 2. The number of rotatable bonds is 3. The Labute approximate surface area is 122 Å². The van der Waals surface area contributed by atoms with Gasteiger partial charge in [0.1, 0.15) is 0 Å². The Morgan fingerprint density at radius 3 is 3.00 bits per heavy atom. The Hall–Kier alpha value is -2.69. The molecule has 0 unspecified atom stereocenters. The van der Waals surface area contributed by atoms with Crippen LogP contribution in [0, 0.1) is 0 Å². The van der Waals surface area contributed by atoms with Gasteiger partial charge in [-0.25, -0.2) is 0 Å². The number of fused-ring (bicyclic) bond motifs is 1. The molecule has 2 amide bonds. The molecule has 1 aliphatic heterocycles. The van der Waals surface area contributed by atoms with Gasteiger partial charge in [0.25, 0.3) is 5.91 Å². The SMILES string of the molecule is O=C1CCc2cc(C(=O)NCc3cccnc3)ccc2N1. The second-order valence-electron chi connectivity index (χ2n) is 4.96. The van der Waals surface area contributed by atoms with Crippen LogP contribution in [-0.4, -0.2) is 16.8 Å². The van der Waals surface area contributed by atoms with Crippen LogP contribution in [0.4, 0.5) is 5.69 Å². The Morgan fingerprint density at radius 1 is 1.29 bits per heavy atom. The molecule has 106 valence electrons. The van der Waals surface area contributed by atoms with E-state index in [-0.39, 0.29) is 11.8 Å². The highest BCUT2D eigenvalue weighted by molar-refractivity contribution is 5.97. The van der Waals surface area contributed by atoms with Crippen molar-refractivity contribution in [3.8, 4) is 0 Å². The molecule has 0 fully saturated rings. The topological polar surface area (TPSA) is 71.1 Å². The fraction of sp³-hybridized carbons (Fsp3) is 0.188. The van der Waals surface area contributed by atoms with Gasteiger partial charge in [0, 0.05) is 36.6 Å². The van der Waals surface area contributed by atoms with Gasteiger partial charge in [-0.15, -0.1) is 0 Å². The molecule has 0 aliphatic carbocycles. The molecular formula is C16H15N3O2. The minimum Gasteiger partial charge on any atom is -0.348 e. The summed E-state index contributed by atoms with van der Waals surface area (Å²) >= 11 is 0. The van der Waals surface area contributed by atoms with E-state index in [1.807, 2.05) is 18.2 Å². The standard InChI is InChI=1S/C16H15N3O2/c20-15-6-4-12-8-13(3-5-14(12)19-15)16(21)18-10-11-2-1-7-17-9-11/h1-3,5,7-9H,4,6,10H2,(H,18,21)(H,19,20). The molecule has 0 spiro atoms. The zero-order valence-corrected chi connectivity index (χ0v) is 11.4. The summed E-state index contributed by atoms with van der Waals surface area (Å²) in [6.45, 7) is 0.445. The Morgan fingerprint density at radius 2 is 2.19 bits per heavy atom. The first-order chi connectivity index (χ1) is 10.2. The molecule has 0 atom stereocenters. The van der Waals surface area contributed by atoms with Gasteiger partial charge in [0.2, 0.25) is 5.91 Å². The molecule has 2 aromatic rings. The Kier molecular flexibility index (Phi) is 3.64. The molecule has 0 saturated carbocycles. The maximum absolute atomic E-state index is 12.1. The number of amides is 2. The molecule has 1 aliphatic rings. The number of carbonyl (C=O) groups excluding carboxylic acids is 2. The van der Waals surface area contributed by atoms with E-state index in [2.05, 4.69) is 15.6 Å². The minimum atomic E-state index is -0.126. The van der Waals surface area contributed by atoms with Crippen LogP contribution in [0.3, 0.4) is 0 Å². The van der Waals surface area contributed by atoms with Gasteiger partial charge in [0.05, 0.1) is 0 Å². The fourth-order valence-electron chi connectivity index (χ4n) is 2.31. The molecule has 1 aromatic carbocycles. The number of nitrogens with zero attached hydrogens (tertiary/aromatic N) is 1. The number of aryl methyl sites for hydroxylation is 1. The molecule has 0 saturated heterocycles. The zero-order chi connectivity index (χ0) is 14.7. The van der Waals surface area contributed by atoms with Crippen molar-refractivity contribution in [2.24, 2.45) is 0 Å². The van der Waals surface area contributed by atoms with Crippen LogP contribution >= 0.6 is 0 Å². The van der Waals surface area contributed by atoms with Crippen LogP contribution in [0.5, 0.6) is 0 Å². The van der Waals surface area contributed by atoms with Crippen molar-refractivity contribution < 1.29 is 9.59 Å². The minimum absolute atomic E-state index is 0.0243. The van der Waals surface area contributed by atoms with Crippen molar-refractivity contribution in [1.29, 1.82) is 0 Å². The van der Waals surface area contributed by atoms with Crippen molar-refractivity contribution in [3.05, 3.63) is 59.4 Å². The molecule has 0 bridgehead atoms. The predicted octanol–water partition coefficient (Wildman–Crippen LogP) is 1.90. The van der Waals surface area contributed by atoms with E-state index >= 15 is 0 Å². The lowest BCUT2D eigenvalue weighted by molar-refractivity contribution is -0.116. The second-order valence-corrected chi connectivity index (χ2v) is 4.96. The maximum atomic E-state index is 12.1. The summed E-state index contributed by atoms with van der Waals surface area (Å²) in [5, 5.41) is 5.67. The molecule has 1 aromatic heterocycles. The van der Waals surface area contributed by atoms with Crippen molar-refractivity contribution in [1.82, 2.24) is 10.3 Å². The van der Waals surface area contributed by atoms with E-state index < -0.39 is 0 Å². The first kappa shape index (κ1) is 13.3. The quantitative estimate of drug-likeness (QED) is 0.902. The summed E-state index contributed by atoms with van der Waals surface area (Å²) < 4.78 is 0. The summed E-state index contributed by atoms with van der Waals surface area (Å²) in [6.07, 6.45) is 4.56. The third-order valence-electron chi connectivity index (χ3n) is 3.44. The van der Waals surface area contributed by atoms with E-state index in [4.69, 9.17) is 0 Å². The molecule has 0 radical (unpaired) electrons. The number of pyridine rings is 1. The molecule has 5 heteroatoms. The van der Waals surface area contributed by atoms with Crippen LogP contribution in [0.15, 0.2) is 42.7 Å². The van der Waals surface area contributed by atoms with Crippen molar-refractivity contribution in [3.63, 3.8) is 0 Å². The lowest BCUT2D eigenvalue weighted by atomic mass is 10.00. The third kappa shape index (κ3) is 3.08.